The number of carbonyl (C=O) groups is 2. The highest BCUT2D eigenvalue weighted by molar-refractivity contribution is 8.01. The summed E-state index contributed by atoms with van der Waals surface area (Å²) in [4.78, 5) is 25.2. The van der Waals surface area contributed by atoms with E-state index < -0.39 is 4.75 Å². The molecule has 0 aliphatic heterocycles. The van der Waals surface area contributed by atoms with Gasteiger partial charge >= 0.3 is 0 Å². The van der Waals surface area contributed by atoms with Crippen LogP contribution in [0.25, 0.3) is 0 Å². The first-order valence-electron chi connectivity index (χ1n) is 14.9. The summed E-state index contributed by atoms with van der Waals surface area (Å²) in [6.45, 7) is 6.99. The zero-order valence-electron chi connectivity index (χ0n) is 24.6. The summed E-state index contributed by atoms with van der Waals surface area (Å²) in [7, 11) is 0. The minimum atomic E-state index is -0.421. The summed E-state index contributed by atoms with van der Waals surface area (Å²) in [5.41, 5.74) is 0.238. The molecule has 39 heavy (non-hydrogen) atoms. The second-order valence-corrected chi connectivity index (χ2v) is 11.3. The lowest BCUT2D eigenvalue weighted by Crippen LogP contribution is -2.46. The number of benzene rings is 1. The van der Waals surface area contributed by atoms with Gasteiger partial charge in [0.2, 0.25) is 5.91 Å². The molecule has 0 saturated carbocycles. The molecule has 0 atom stereocenters. The summed E-state index contributed by atoms with van der Waals surface area (Å²) in [5, 5.41) is 15.6. The van der Waals surface area contributed by atoms with Gasteiger partial charge in [-0.1, -0.05) is 95.0 Å². The number of unbranched alkanes of at least 4 members (excludes halogenated alkanes) is 6. The highest BCUT2D eigenvalue weighted by Gasteiger charge is 2.34. The molecule has 1 rings (SSSR count). The Kier molecular flexibility index (Phi) is 19.8. The molecule has 5 nitrogen and oxygen atoms in total. The van der Waals surface area contributed by atoms with Crippen molar-refractivity contribution in [1.82, 2.24) is 10.6 Å². The van der Waals surface area contributed by atoms with Crippen LogP contribution in [0, 0.1) is 0 Å². The van der Waals surface area contributed by atoms with Crippen LogP contribution in [0.3, 0.4) is 0 Å². The van der Waals surface area contributed by atoms with E-state index in [-0.39, 0.29) is 23.1 Å². The molecule has 3 N–H and O–H groups in total. The number of phenols is 1. The molecular weight excluding hydrogens is 504 g/mol. The van der Waals surface area contributed by atoms with Gasteiger partial charge in [-0.3, -0.25) is 9.59 Å². The van der Waals surface area contributed by atoms with E-state index in [1.54, 1.807) is 30.0 Å². The van der Waals surface area contributed by atoms with E-state index >= 15 is 0 Å². The topological polar surface area (TPSA) is 78.4 Å². The van der Waals surface area contributed by atoms with Crippen LogP contribution in [0.4, 0.5) is 0 Å². The van der Waals surface area contributed by atoms with Gasteiger partial charge < -0.3 is 15.7 Å². The summed E-state index contributed by atoms with van der Waals surface area (Å²) in [6.07, 6.45) is 26.8. The molecule has 1 aromatic carbocycles. The van der Waals surface area contributed by atoms with Crippen LogP contribution in [0.1, 0.15) is 108 Å². The Morgan fingerprint density at radius 3 is 2.05 bits per heavy atom. The van der Waals surface area contributed by atoms with Crippen molar-refractivity contribution in [3.05, 3.63) is 66.3 Å². The van der Waals surface area contributed by atoms with Crippen molar-refractivity contribution in [2.24, 2.45) is 0 Å². The lowest BCUT2D eigenvalue weighted by molar-refractivity contribution is -0.123. The number of aromatic hydroxyl groups is 1. The van der Waals surface area contributed by atoms with Crippen LogP contribution in [0.5, 0.6) is 5.75 Å². The Bertz CT molecular complexity index is 891. The number of rotatable bonds is 22. The molecular formula is C33H52N2O3S. The highest BCUT2D eigenvalue weighted by Crippen LogP contribution is 2.33. The van der Waals surface area contributed by atoms with Gasteiger partial charge in [0, 0.05) is 13.1 Å². The molecule has 0 bridgehead atoms. The molecule has 0 spiro atoms. The summed E-state index contributed by atoms with van der Waals surface area (Å²) in [5.74, 6) is 0.647. The number of para-hydroxylation sites is 1. The fourth-order valence-electron chi connectivity index (χ4n) is 4.28. The van der Waals surface area contributed by atoms with Crippen LogP contribution >= 0.6 is 11.8 Å². The van der Waals surface area contributed by atoms with E-state index in [0.717, 1.165) is 44.3 Å². The monoisotopic (exact) mass is 556 g/mol. The summed E-state index contributed by atoms with van der Waals surface area (Å²) in [6, 6.07) is 6.44. The van der Waals surface area contributed by atoms with Crippen molar-refractivity contribution in [3.63, 3.8) is 0 Å². The summed E-state index contributed by atoms with van der Waals surface area (Å²) >= 11 is 1.78. The predicted octanol–water partition coefficient (Wildman–Crippen LogP) is 8.12. The number of nitrogens with one attached hydrogen (secondary N) is 2. The fraction of sp³-hybridized carbons (Fsp3) is 0.576. The maximum atomic E-state index is 13.0. The number of hydrogen-bond donors (Lipinski definition) is 3. The van der Waals surface area contributed by atoms with Crippen LogP contribution in [-0.2, 0) is 4.79 Å². The van der Waals surface area contributed by atoms with Gasteiger partial charge in [-0.25, -0.2) is 0 Å². The Morgan fingerprint density at radius 2 is 1.38 bits per heavy atom. The predicted molar refractivity (Wildman–Crippen MR) is 168 cm³/mol. The minimum Gasteiger partial charge on any atom is -0.507 e. The Hall–Kier alpha value is -2.47. The van der Waals surface area contributed by atoms with Crippen LogP contribution in [0.15, 0.2) is 60.7 Å². The second-order valence-electron chi connectivity index (χ2n) is 9.78. The number of phenolic OH excluding ortho intramolecular Hbond substituents is 1. The first kappa shape index (κ1) is 34.6. The Labute approximate surface area is 242 Å². The smallest absolute Gasteiger partial charge is 0.255 e. The molecule has 0 aliphatic rings. The first-order valence-corrected chi connectivity index (χ1v) is 15.9. The third kappa shape index (κ3) is 15.0. The Morgan fingerprint density at radius 1 is 0.795 bits per heavy atom. The third-order valence-electron chi connectivity index (χ3n) is 6.82. The SMILES string of the molecule is CCC=CCC=CCC=CCCCCCCCCSC(CC)(CC)C(=O)NCCNC(=O)c1ccccc1O. The lowest BCUT2D eigenvalue weighted by atomic mass is 10.0. The molecule has 0 aromatic heterocycles. The van der Waals surface area contributed by atoms with Crippen molar-refractivity contribution < 1.29 is 14.7 Å². The maximum absolute atomic E-state index is 13.0. The van der Waals surface area contributed by atoms with Crippen molar-refractivity contribution in [2.45, 2.75) is 103 Å². The van der Waals surface area contributed by atoms with E-state index in [1.807, 2.05) is 0 Å². The van der Waals surface area contributed by atoms with Crippen LogP contribution in [0.2, 0.25) is 0 Å². The maximum Gasteiger partial charge on any atom is 0.255 e. The van der Waals surface area contributed by atoms with E-state index in [2.05, 4.69) is 67.9 Å². The molecule has 0 saturated heterocycles. The lowest BCUT2D eigenvalue weighted by Gasteiger charge is -2.30. The molecule has 218 valence electrons. The number of hydrogen-bond acceptors (Lipinski definition) is 4. The first-order chi connectivity index (χ1) is 19.0. The highest BCUT2D eigenvalue weighted by atomic mass is 32.2. The molecule has 2 amide bonds. The third-order valence-corrected chi connectivity index (χ3v) is 8.63. The number of thioether (sulfide) groups is 1. The van der Waals surface area contributed by atoms with Gasteiger partial charge in [0.1, 0.15) is 5.75 Å². The van der Waals surface area contributed by atoms with Gasteiger partial charge in [-0.05, 0) is 69.3 Å². The molecule has 0 aliphatic carbocycles. The Balaban J connectivity index is 2.15. The average Bonchev–Trinajstić information content (AvgIpc) is 2.95. The number of amides is 2. The molecule has 0 fully saturated rings. The van der Waals surface area contributed by atoms with Crippen molar-refractivity contribution in [1.29, 1.82) is 0 Å². The fourth-order valence-corrected chi connectivity index (χ4v) is 5.63. The zero-order valence-corrected chi connectivity index (χ0v) is 25.4. The van der Waals surface area contributed by atoms with Crippen molar-refractivity contribution >= 4 is 23.6 Å². The minimum absolute atomic E-state index is 0.0474. The second kappa shape index (κ2) is 22.4. The molecule has 0 radical (unpaired) electrons. The van der Waals surface area contributed by atoms with Gasteiger partial charge in [-0.2, -0.15) is 0 Å². The van der Waals surface area contributed by atoms with Crippen LogP contribution in [-0.4, -0.2) is 40.5 Å². The molecule has 6 heteroatoms. The van der Waals surface area contributed by atoms with E-state index in [9.17, 15) is 14.7 Å². The molecule has 1 aromatic rings. The van der Waals surface area contributed by atoms with E-state index in [1.165, 1.54) is 44.6 Å². The van der Waals surface area contributed by atoms with Gasteiger partial charge in [0.15, 0.2) is 0 Å². The summed E-state index contributed by atoms with van der Waals surface area (Å²) < 4.78 is -0.421. The quantitative estimate of drug-likeness (QED) is 0.0995. The van der Waals surface area contributed by atoms with E-state index in [0.29, 0.717) is 13.1 Å². The average molecular weight is 557 g/mol. The largest absolute Gasteiger partial charge is 0.507 e. The van der Waals surface area contributed by atoms with Gasteiger partial charge in [0.25, 0.3) is 5.91 Å². The van der Waals surface area contributed by atoms with Crippen LogP contribution < -0.4 is 10.6 Å². The normalized spacial score (nSPS) is 12.1. The van der Waals surface area contributed by atoms with Gasteiger partial charge in [0.05, 0.1) is 10.3 Å². The van der Waals surface area contributed by atoms with Gasteiger partial charge in [-0.15, -0.1) is 11.8 Å². The molecule has 0 unspecified atom stereocenters. The number of carbonyl (C=O) groups excluding carboxylic acids is 2. The molecule has 0 heterocycles. The zero-order chi connectivity index (χ0) is 28.6. The van der Waals surface area contributed by atoms with Crippen molar-refractivity contribution in [2.75, 3.05) is 18.8 Å². The standard InChI is InChI=1S/C33H52N2O3S/c1-4-7-8-9-10-11-12-13-14-15-16-17-18-19-20-23-28-39-33(5-2,6-3)32(38)35-27-26-34-31(37)29-24-21-22-25-30(29)36/h7-8,10-11,13-14,21-22,24-25,36H,4-6,9,12,15-20,23,26-28H2,1-3H3,(H,34,37)(H,35,38). The number of allylic oxidation sites excluding steroid dienone is 6. The van der Waals surface area contributed by atoms with Crippen molar-refractivity contribution in [3.8, 4) is 5.75 Å². The van der Waals surface area contributed by atoms with E-state index in [4.69, 9.17) is 0 Å².